The fraction of sp³-hybridized carbons (Fsp3) is 0.481. The van der Waals surface area contributed by atoms with Crippen molar-refractivity contribution in [1.82, 2.24) is 14.9 Å². The molecule has 0 spiro atoms. The fourth-order valence-electron chi connectivity index (χ4n) is 5.98. The second-order valence-electron chi connectivity index (χ2n) is 11.6. The van der Waals surface area contributed by atoms with Crippen molar-refractivity contribution >= 4 is 33.4 Å². The van der Waals surface area contributed by atoms with Gasteiger partial charge >= 0.3 is 0 Å². The summed E-state index contributed by atoms with van der Waals surface area (Å²) in [5, 5.41) is 5.39. The Hall–Kier alpha value is -2.63. The van der Waals surface area contributed by atoms with Gasteiger partial charge in [-0.3, -0.25) is 9.79 Å². The number of nitrogens with one attached hydrogen (secondary N) is 2. The molecule has 1 atom stereocenters. The molecule has 0 unspecified atom stereocenters. The van der Waals surface area contributed by atoms with Crippen LogP contribution in [0.15, 0.2) is 58.4 Å². The molecule has 2 bridgehead atoms. The minimum atomic E-state index is -3.94. The third-order valence-corrected chi connectivity index (χ3v) is 10.2. The van der Waals surface area contributed by atoms with E-state index < -0.39 is 56.7 Å². The average Bonchev–Trinajstić information content (AvgIpc) is 3.12. The van der Waals surface area contributed by atoms with Crippen LogP contribution in [0.25, 0.3) is 0 Å². The van der Waals surface area contributed by atoms with Crippen LogP contribution in [0.4, 0.5) is 13.2 Å². The molecule has 2 aromatic carbocycles. The Morgan fingerprint density at radius 2 is 1.82 bits per heavy atom. The largest absolute Gasteiger partial charge is 0.360 e. The number of nitrogens with zero attached hydrogens (tertiary/aromatic N) is 2. The zero-order valence-corrected chi connectivity index (χ0v) is 23.3. The number of carbonyl (C=O) groups excluding carboxylic acids is 1. The van der Waals surface area contributed by atoms with E-state index in [2.05, 4.69) is 10.6 Å². The molecular weight excluding hydrogens is 553 g/mol. The van der Waals surface area contributed by atoms with Gasteiger partial charge in [0.1, 0.15) is 17.7 Å². The minimum absolute atomic E-state index is 0.0386. The van der Waals surface area contributed by atoms with Gasteiger partial charge < -0.3 is 10.6 Å². The highest BCUT2D eigenvalue weighted by molar-refractivity contribution is 7.89. The van der Waals surface area contributed by atoms with Gasteiger partial charge in [-0.1, -0.05) is 35.9 Å². The molecule has 3 aliphatic carbocycles. The molecule has 6 rings (SSSR count). The van der Waals surface area contributed by atoms with Gasteiger partial charge in [-0.15, -0.1) is 0 Å². The van der Waals surface area contributed by atoms with Crippen LogP contribution in [0, 0.1) is 11.2 Å². The lowest BCUT2D eigenvalue weighted by Gasteiger charge is -2.72. The van der Waals surface area contributed by atoms with Crippen LogP contribution in [-0.4, -0.2) is 54.1 Å². The van der Waals surface area contributed by atoms with Gasteiger partial charge in [0.05, 0.1) is 22.0 Å². The highest BCUT2D eigenvalue weighted by atomic mass is 35.5. The van der Waals surface area contributed by atoms with Crippen molar-refractivity contribution in [2.24, 2.45) is 10.4 Å². The number of aliphatic imine (C=N–C) groups is 1. The summed E-state index contributed by atoms with van der Waals surface area (Å²) in [6, 6.07) is 11.5. The van der Waals surface area contributed by atoms with E-state index in [0.29, 0.717) is 30.7 Å². The van der Waals surface area contributed by atoms with E-state index in [9.17, 15) is 26.4 Å². The molecule has 210 valence electrons. The smallest absolute Gasteiger partial charge is 0.262 e. The van der Waals surface area contributed by atoms with Crippen LogP contribution >= 0.6 is 11.6 Å². The van der Waals surface area contributed by atoms with E-state index >= 15 is 0 Å². The maximum absolute atomic E-state index is 14.2. The molecule has 1 heterocycles. The predicted octanol–water partition coefficient (Wildman–Crippen LogP) is 4.51. The Kier molecular flexibility index (Phi) is 6.59. The maximum atomic E-state index is 14.2. The summed E-state index contributed by atoms with van der Waals surface area (Å²) in [6.45, 7) is 3.43. The summed E-state index contributed by atoms with van der Waals surface area (Å²) in [6.07, 6.45) is 1.39. The van der Waals surface area contributed by atoms with Crippen molar-refractivity contribution in [2.75, 3.05) is 6.54 Å². The second-order valence-corrected chi connectivity index (χ2v) is 13.9. The molecule has 1 amide bonds. The van der Waals surface area contributed by atoms with E-state index in [-0.39, 0.29) is 16.5 Å². The highest BCUT2D eigenvalue weighted by Gasteiger charge is 2.75. The number of rotatable bonds is 9. The Labute approximate surface area is 230 Å². The molecule has 4 aliphatic rings. The van der Waals surface area contributed by atoms with E-state index in [4.69, 9.17) is 16.6 Å². The van der Waals surface area contributed by atoms with Crippen LogP contribution < -0.4 is 10.6 Å². The SMILES string of the molecule is CC(F)(F)CNC(=O)[C@@H]1NC(C23CC(N(Cc4ccc(Cl)c(F)c4)S(=O)(=O)c4ccccc4)(C2)C3)=NC1(C)C. The topological polar surface area (TPSA) is 90.9 Å². The van der Waals surface area contributed by atoms with Gasteiger partial charge in [-0.2, -0.15) is 4.31 Å². The number of alkyl halides is 2. The average molecular weight is 583 g/mol. The zero-order valence-electron chi connectivity index (χ0n) is 21.8. The predicted molar refractivity (Wildman–Crippen MR) is 142 cm³/mol. The molecule has 3 saturated carbocycles. The molecule has 39 heavy (non-hydrogen) atoms. The van der Waals surface area contributed by atoms with E-state index in [0.717, 1.165) is 6.92 Å². The number of benzene rings is 2. The van der Waals surface area contributed by atoms with Gasteiger partial charge in [-0.25, -0.2) is 21.6 Å². The van der Waals surface area contributed by atoms with E-state index in [1.54, 1.807) is 38.1 Å². The number of carbonyl (C=O) groups is 1. The lowest BCUT2D eigenvalue weighted by molar-refractivity contribution is -0.151. The fourth-order valence-corrected chi connectivity index (χ4v) is 7.88. The molecule has 2 N–H and O–H groups in total. The standard InChI is InChI=1S/C27H30ClF3N4O3S/c1-24(2)21(22(36)32-16-25(3,30)31)33-23(34-24)26-13-27(14-26,15-26)35(12-17-9-10-19(28)20(29)11-17)39(37,38)18-7-5-4-6-8-18/h4-11,21H,12-16H2,1-3H3,(H,32,36)(H,33,34)/t21-,26?,27?/m0/s1. The Morgan fingerprint density at radius 3 is 2.41 bits per heavy atom. The lowest BCUT2D eigenvalue weighted by Crippen LogP contribution is -2.78. The summed E-state index contributed by atoms with van der Waals surface area (Å²) in [5.41, 5.74) is -1.56. The summed E-state index contributed by atoms with van der Waals surface area (Å²) in [7, 11) is -3.94. The first-order chi connectivity index (χ1) is 18.1. The summed E-state index contributed by atoms with van der Waals surface area (Å²) < 4.78 is 69.9. The quantitative estimate of drug-likeness (QED) is 0.455. The third kappa shape index (κ3) is 4.93. The summed E-state index contributed by atoms with van der Waals surface area (Å²) in [4.78, 5) is 17.6. The summed E-state index contributed by atoms with van der Waals surface area (Å²) in [5.74, 6) is -3.65. The Morgan fingerprint density at radius 1 is 1.18 bits per heavy atom. The normalized spacial score (nSPS) is 27.3. The van der Waals surface area contributed by atoms with Gasteiger partial charge in [0.25, 0.3) is 5.92 Å². The number of sulfonamides is 1. The lowest BCUT2D eigenvalue weighted by atomic mass is 9.38. The molecule has 0 radical (unpaired) electrons. The van der Waals surface area contributed by atoms with Crippen molar-refractivity contribution < 1.29 is 26.4 Å². The summed E-state index contributed by atoms with van der Waals surface area (Å²) >= 11 is 5.84. The highest BCUT2D eigenvalue weighted by Crippen LogP contribution is 2.71. The first-order valence-corrected chi connectivity index (χ1v) is 14.4. The molecule has 1 aliphatic heterocycles. The molecule has 3 fully saturated rings. The van der Waals surface area contributed by atoms with Crippen LogP contribution in [-0.2, 0) is 21.4 Å². The van der Waals surface area contributed by atoms with Gasteiger partial charge in [-0.05, 0) is 62.9 Å². The number of halogens is 4. The molecule has 12 heteroatoms. The van der Waals surface area contributed by atoms with E-state index in [1.807, 2.05) is 0 Å². The van der Waals surface area contributed by atoms with Crippen LogP contribution in [0.3, 0.4) is 0 Å². The van der Waals surface area contributed by atoms with Crippen molar-refractivity contribution in [3.05, 3.63) is 64.9 Å². The van der Waals surface area contributed by atoms with Gasteiger partial charge in [0.2, 0.25) is 15.9 Å². The monoisotopic (exact) mass is 582 g/mol. The minimum Gasteiger partial charge on any atom is -0.360 e. The number of hydrogen-bond acceptors (Lipinski definition) is 5. The van der Waals surface area contributed by atoms with Crippen LogP contribution in [0.1, 0.15) is 45.6 Å². The van der Waals surface area contributed by atoms with Crippen molar-refractivity contribution in [2.45, 2.75) is 74.5 Å². The molecular formula is C27H30ClF3N4O3S. The van der Waals surface area contributed by atoms with Crippen LogP contribution in [0.2, 0.25) is 5.02 Å². The number of amides is 1. The van der Waals surface area contributed by atoms with Gasteiger partial charge in [0, 0.05) is 24.4 Å². The number of hydrogen-bond donors (Lipinski definition) is 2. The Balaban J connectivity index is 1.37. The van der Waals surface area contributed by atoms with Crippen molar-refractivity contribution in [1.29, 1.82) is 0 Å². The van der Waals surface area contributed by atoms with Gasteiger partial charge in [0.15, 0.2) is 0 Å². The van der Waals surface area contributed by atoms with Crippen molar-refractivity contribution in [3.63, 3.8) is 0 Å². The Bertz CT molecular complexity index is 1420. The molecule has 7 nitrogen and oxygen atoms in total. The molecule has 0 saturated heterocycles. The maximum Gasteiger partial charge on any atom is 0.262 e. The first kappa shape index (κ1) is 27.9. The molecule has 0 aromatic heterocycles. The zero-order chi connectivity index (χ0) is 28.4. The molecule has 2 aromatic rings. The van der Waals surface area contributed by atoms with E-state index in [1.165, 1.54) is 28.6 Å². The number of amidine groups is 1. The second kappa shape index (κ2) is 9.21. The third-order valence-electron chi connectivity index (χ3n) is 7.90. The first-order valence-electron chi connectivity index (χ1n) is 12.6. The van der Waals surface area contributed by atoms with Crippen molar-refractivity contribution in [3.8, 4) is 0 Å². The van der Waals surface area contributed by atoms with Crippen LogP contribution in [0.5, 0.6) is 0 Å².